The normalized spacial score (nSPS) is 13.8. The van der Waals surface area contributed by atoms with Crippen LogP contribution in [0.5, 0.6) is 5.75 Å². The first-order valence-electron chi connectivity index (χ1n) is 8.78. The van der Waals surface area contributed by atoms with Gasteiger partial charge in [-0.3, -0.25) is 0 Å². The molecule has 0 unspecified atom stereocenters. The minimum Gasteiger partial charge on any atom is -0.406 e. The van der Waals surface area contributed by atoms with E-state index in [2.05, 4.69) is 25.3 Å². The number of anilines is 3. The van der Waals surface area contributed by atoms with Gasteiger partial charge in [0.05, 0.1) is 5.69 Å². The van der Waals surface area contributed by atoms with Crippen LogP contribution in [0.25, 0.3) is 11.3 Å². The van der Waals surface area contributed by atoms with Crippen molar-refractivity contribution in [2.24, 2.45) is 0 Å². The molecule has 144 valence electrons. The molecule has 5 nitrogen and oxygen atoms in total. The van der Waals surface area contributed by atoms with Gasteiger partial charge >= 0.3 is 6.36 Å². The number of hydrogen-bond donors (Lipinski definition) is 2. The van der Waals surface area contributed by atoms with Crippen LogP contribution in [-0.2, 0) is 0 Å². The molecule has 2 aromatic carbocycles. The zero-order valence-corrected chi connectivity index (χ0v) is 14.7. The Balaban J connectivity index is 1.62. The van der Waals surface area contributed by atoms with Crippen LogP contribution in [-0.4, -0.2) is 22.4 Å². The van der Waals surface area contributed by atoms with Crippen molar-refractivity contribution in [2.45, 2.75) is 25.2 Å². The van der Waals surface area contributed by atoms with Gasteiger partial charge in [-0.05, 0) is 25.0 Å². The van der Waals surface area contributed by atoms with Gasteiger partial charge < -0.3 is 15.4 Å². The Kier molecular flexibility index (Phi) is 4.77. The van der Waals surface area contributed by atoms with Crippen molar-refractivity contribution < 1.29 is 17.9 Å². The summed E-state index contributed by atoms with van der Waals surface area (Å²) in [6.45, 7) is 0. The number of alkyl halides is 3. The fraction of sp³-hybridized carbons (Fsp3) is 0.200. The summed E-state index contributed by atoms with van der Waals surface area (Å²) in [4.78, 5) is 9.00. The van der Waals surface area contributed by atoms with Crippen LogP contribution >= 0.6 is 0 Å². The molecule has 0 atom stereocenters. The van der Waals surface area contributed by atoms with Gasteiger partial charge in [0.25, 0.3) is 0 Å². The number of nitrogens with one attached hydrogen (secondary N) is 2. The molecule has 2 N–H and O–H groups in total. The maximum Gasteiger partial charge on any atom is 0.573 e. The number of ether oxygens (including phenoxy) is 1. The van der Waals surface area contributed by atoms with E-state index in [1.54, 1.807) is 12.1 Å². The third-order valence-corrected chi connectivity index (χ3v) is 4.05. The summed E-state index contributed by atoms with van der Waals surface area (Å²) < 4.78 is 41.3. The quantitative estimate of drug-likeness (QED) is 0.597. The number of benzene rings is 2. The smallest absolute Gasteiger partial charge is 0.406 e. The molecule has 0 radical (unpaired) electrons. The van der Waals surface area contributed by atoms with Gasteiger partial charge in [-0.1, -0.05) is 36.4 Å². The molecule has 1 aromatic heterocycles. The maximum absolute atomic E-state index is 12.4. The Hall–Kier alpha value is -3.29. The van der Waals surface area contributed by atoms with Crippen LogP contribution in [0.4, 0.5) is 30.6 Å². The lowest BCUT2D eigenvalue weighted by atomic mass is 10.1. The minimum absolute atomic E-state index is 0.300. The van der Waals surface area contributed by atoms with Crippen molar-refractivity contribution in [1.29, 1.82) is 0 Å². The van der Waals surface area contributed by atoms with E-state index in [1.807, 2.05) is 30.3 Å². The largest absolute Gasteiger partial charge is 0.573 e. The van der Waals surface area contributed by atoms with Gasteiger partial charge in [0, 0.05) is 29.4 Å². The van der Waals surface area contributed by atoms with Gasteiger partial charge in [-0.25, -0.2) is 4.98 Å². The number of hydrogen-bond acceptors (Lipinski definition) is 5. The highest BCUT2D eigenvalue weighted by Gasteiger charge is 2.31. The van der Waals surface area contributed by atoms with Crippen molar-refractivity contribution in [3.8, 4) is 17.0 Å². The molecule has 0 bridgehead atoms. The molecule has 4 rings (SSSR count). The molecule has 1 heterocycles. The molecular formula is C20H17F3N4O. The summed E-state index contributed by atoms with van der Waals surface area (Å²) in [6.07, 6.45) is -2.60. The number of halogens is 3. The second-order valence-corrected chi connectivity index (χ2v) is 6.45. The van der Waals surface area contributed by atoms with Crippen LogP contribution in [0.1, 0.15) is 12.8 Å². The lowest BCUT2D eigenvalue weighted by molar-refractivity contribution is -0.274. The van der Waals surface area contributed by atoms with Crippen molar-refractivity contribution in [3.05, 3.63) is 60.7 Å². The predicted octanol–water partition coefficient (Wildman–Crippen LogP) is 5.36. The molecule has 8 heteroatoms. The first-order valence-corrected chi connectivity index (χ1v) is 8.78. The molecular weight excluding hydrogens is 369 g/mol. The fourth-order valence-corrected chi connectivity index (χ4v) is 2.66. The van der Waals surface area contributed by atoms with Crippen molar-refractivity contribution in [3.63, 3.8) is 0 Å². The van der Waals surface area contributed by atoms with E-state index in [4.69, 9.17) is 0 Å². The molecule has 1 saturated carbocycles. The van der Waals surface area contributed by atoms with E-state index in [1.165, 1.54) is 18.2 Å². The van der Waals surface area contributed by atoms with E-state index in [0.29, 0.717) is 29.2 Å². The first kappa shape index (κ1) is 18.1. The SMILES string of the molecule is FC(F)(F)Oc1cccc(Nc2cc(-c3ccccc3)nc(NC3CC3)n2)c1. The lowest BCUT2D eigenvalue weighted by Crippen LogP contribution is -2.17. The Bertz CT molecular complexity index is 959. The van der Waals surface area contributed by atoms with E-state index in [9.17, 15) is 13.2 Å². The molecule has 0 aliphatic heterocycles. The zero-order valence-electron chi connectivity index (χ0n) is 14.7. The monoisotopic (exact) mass is 386 g/mol. The summed E-state index contributed by atoms with van der Waals surface area (Å²) >= 11 is 0. The molecule has 1 aliphatic carbocycles. The van der Waals surface area contributed by atoms with Crippen LogP contribution < -0.4 is 15.4 Å². The molecule has 28 heavy (non-hydrogen) atoms. The Morgan fingerprint density at radius 1 is 0.929 bits per heavy atom. The van der Waals surface area contributed by atoms with E-state index in [-0.39, 0.29) is 5.75 Å². The summed E-state index contributed by atoms with van der Waals surface area (Å²) in [5.41, 5.74) is 2.06. The maximum atomic E-state index is 12.4. The third-order valence-electron chi connectivity index (χ3n) is 4.05. The van der Waals surface area contributed by atoms with E-state index in [0.717, 1.165) is 18.4 Å². The Morgan fingerprint density at radius 3 is 2.43 bits per heavy atom. The van der Waals surface area contributed by atoms with Gasteiger partial charge in [0.1, 0.15) is 11.6 Å². The average Bonchev–Trinajstić information content (AvgIpc) is 3.45. The summed E-state index contributed by atoms with van der Waals surface area (Å²) in [5, 5.41) is 6.29. The van der Waals surface area contributed by atoms with Gasteiger partial charge in [0.15, 0.2) is 0 Å². The van der Waals surface area contributed by atoms with Crippen LogP contribution in [0.2, 0.25) is 0 Å². The van der Waals surface area contributed by atoms with Crippen molar-refractivity contribution >= 4 is 17.5 Å². The zero-order chi connectivity index (χ0) is 19.6. The molecule has 3 aromatic rings. The standard InChI is InChI=1S/C20H17F3N4O/c21-20(22,23)28-16-8-4-7-15(11-16)24-18-12-17(13-5-2-1-3-6-13)26-19(27-18)25-14-9-10-14/h1-8,11-12,14H,9-10H2,(H2,24,25,26,27). The van der Waals surface area contributed by atoms with E-state index < -0.39 is 6.36 Å². The number of nitrogens with zero attached hydrogens (tertiary/aromatic N) is 2. The van der Waals surface area contributed by atoms with Crippen molar-refractivity contribution in [1.82, 2.24) is 9.97 Å². The highest BCUT2D eigenvalue weighted by atomic mass is 19.4. The number of rotatable bonds is 6. The van der Waals surface area contributed by atoms with Gasteiger partial charge in [-0.15, -0.1) is 13.2 Å². The second-order valence-electron chi connectivity index (χ2n) is 6.45. The first-order chi connectivity index (χ1) is 13.4. The minimum atomic E-state index is -4.74. The Morgan fingerprint density at radius 2 is 1.71 bits per heavy atom. The summed E-state index contributed by atoms with van der Waals surface area (Å²) in [7, 11) is 0. The third kappa shape index (κ3) is 4.91. The van der Waals surface area contributed by atoms with Crippen molar-refractivity contribution in [2.75, 3.05) is 10.6 Å². The van der Waals surface area contributed by atoms with Crippen LogP contribution in [0.15, 0.2) is 60.7 Å². The molecule has 0 saturated heterocycles. The lowest BCUT2D eigenvalue weighted by Gasteiger charge is -2.13. The highest BCUT2D eigenvalue weighted by molar-refractivity contribution is 5.67. The summed E-state index contributed by atoms with van der Waals surface area (Å²) in [5.74, 6) is 0.654. The topological polar surface area (TPSA) is 59.1 Å². The van der Waals surface area contributed by atoms with Gasteiger partial charge in [0.2, 0.25) is 5.95 Å². The van der Waals surface area contributed by atoms with E-state index >= 15 is 0 Å². The van der Waals surface area contributed by atoms with Gasteiger partial charge in [-0.2, -0.15) is 4.98 Å². The highest BCUT2D eigenvalue weighted by Crippen LogP contribution is 2.29. The molecule has 0 spiro atoms. The predicted molar refractivity (Wildman–Crippen MR) is 101 cm³/mol. The van der Waals surface area contributed by atoms with Crippen LogP contribution in [0, 0.1) is 0 Å². The number of aromatic nitrogens is 2. The fourth-order valence-electron chi connectivity index (χ4n) is 2.66. The molecule has 1 aliphatic rings. The average molecular weight is 386 g/mol. The molecule has 1 fully saturated rings. The molecule has 0 amide bonds. The second kappa shape index (κ2) is 7.38. The van der Waals surface area contributed by atoms with Crippen LogP contribution in [0.3, 0.4) is 0 Å². The Labute approximate surface area is 159 Å². The summed E-state index contributed by atoms with van der Waals surface area (Å²) in [6, 6.07) is 17.4.